The highest BCUT2D eigenvalue weighted by Crippen LogP contribution is 2.35. The van der Waals surface area contributed by atoms with Crippen LogP contribution in [0.4, 0.5) is 4.39 Å². The number of hydrogen-bond acceptors (Lipinski definition) is 8. The number of thiophene rings is 1. The smallest absolute Gasteiger partial charge is 0.253 e. The van der Waals surface area contributed by atoms with E-state index in [1.807, 2.05) is 52.4 Å². The van der Waals surface area contributed by atoms with Crippen LogP contribution < -0.4 is 10.1 Å². The number of aromatic nitrogens is 3. The molecule has 45 heavy (non-hydrogen) atoms. The normalized spacial score (nSPS) is 14.3. The van der Waals surface area contributed by atoms with Gasteiger partial charge in [-0.3, -0.25) is 9.59 Å². The third-order valence-electron chi connectivity index (χ3n) is 7.29. The van der Waals surface area contributed by atoms with Crippen LogP contribution in [0.5, 0.6) is 5.75 Å². The summed E-state index contributed by atoms with van der Waals surface area (Å²) in [5.74, 6) is 0.486. The van der Waals surface area contributed by atoms with Crippen LogP contribution in [-0.2, 0) is 17.9 Å². The van der Waals surface area contributed by atoms with Gasteiger partial charge in [-0.2, -0.15) is 5.10 Å². The summed E-state index contributed by atoms with van der Waals surface area (Å²) in [6, 6.07) is 26.5. The predicted molar refractivity (Wildman–Crippen MR) is 172 cm³/mol. The molecule has 0 unspecified atom stereocenters. The van der Waals surface area contributed by atoms with Crippen LogP contribution in [0.2, 0.25) is 0 Å². The van der Waals surface area contributed by atoms with E-state index in [1.165, 1.54) is 28.9 Å². The van der Waals surface area contributed by atoms with Crippen molar-refractivity contribution in [1.82, 2.24) is 25.1 Å². The van der Waals surface area contributed by atoms with E-state index in [-0.39, 0.29) is 36.0 Å². The van der Waals surface area contributed by atoms with Crippen LogP contribution in [-0.4, -0.2) is 50.2 Å². The van der Waals surface area contributed by atoms with E-state index < -0.39 is 0 Å². The van der Waals surface area contributed by atoms with Gasteiger partial charge in [0.1, 0.15) is 11.6 Å². The summed E-state index contributed by atoms with van der Waals surface area (Å²) in [7, 11) is 1.57. The van der Waals surface area contributed by atoms with E-state index in [9.17, 15) is 14.0 Å². The molecule has 228 valence electrons. The van der Waals surface area contributed by atoms with Crippen molar-refractivity contribution < 1.29 is 18.7 Å². The Kier molecular flexibility index (Phi) is 9.32. The van der Waals surface area contributed by atoms with Gasteiger partial charge in [-0.25, -0.2) is 9.40 Å². The van der Waals surface area contributed by atoms with Gasteiger partial charge in [0.2, 0.25) is 0 Å². The molecule has 1 N–H and O–H groups in total. The van der Waals surface area contributed by atoms with Gasteiger partial charge in [0.15, 0.2) is 11.0 Å². The standard InChI is InChI=1S/C33H29FN6O3S2/c1-43-26-15-11-24(12-16-26)32(42)35-19-30-36-37-33(39(30)20-22-6-3-2-4-7-22)45-21-31(41)40-28(23-9-13-25(34)14-10-23)18-27(38-40)29-8-5-17-44-29/h2-17,28H,18-21H2,1H3,(H,35,42)/t28-/m0/s1. The maximum absolute atomic E-state index is 13.7. The molecule has 0 saturated heterocycles. The summed E-state index contributed by atoms with van der Waals surface area (Å²) in [5, 5.41) is 20.4. The number of carbonyl (C=O) groups excluding carboxylic acids is 2. The molecule has 1 atom stereocenters. The van der Waals surface area contributed by atoms with E-state index in [4.69, 9.17) is 9.84 Å². The Morgan fingerprint density at radius 3 is 2.49 bits per heavy atom. The molecule has 1 aliphatic rings. The molecule has 0 fully saturated rings. The van der Waals surface area contributed by atoms with Crippen LogP contribution in [0.1, 0.15) is 44.6 Å². The molecular weight excluding hydrogens is 612 g/mol. The number of methoxy groups -OCH3 is 1. The van der Waals surface area contributed by atoms with Crippen LogP contribution in [0.25, 0.3) is 0 Å². The molecule has 9 nitrogen and oxygen atoms in total. The molecule has 0 radical (unpaired) electrons. The molecule has 0 aliphatic carbocycles. The Morgan fingerprint density at radius 2 is 1.78 bits per heavy atom. The molecule has 3 heterocycles. The van der Waals surface area contributed by atoms with Crippen LogP contribution in [0.15, 0.2) is 107 Å². The van der Waals surface area contributed by atoms with Crippen molar-refractivity contribution in [2.75, 3.05) is 12.9 Å². The molecule has 2 amide bonds. The number of hydrazone groups is 1. The second-order valence-electron chi connectivity index (χ2n) is 10.2. The van der Waals surface area contributed by atoms with Crippen molar-refractivity contribution in [1.29, 1.82) is 0 Å². The van der Waals surface area contributed by atoms with Gasteiger partial charge in [-0.05, 0) is 59.0 Å². The second kappa shape index (κ2) is 13.9. The number of thioether (sulfide) groups is 1. The van der Waals surface area contributed by atoms with E-state index >= 15 is 0 Å². The van der Waals surface area contributed by atoms with Crippen LogP contribution in [0, 0.1) is 5.82 Å². The number of hydrogen-bond donors (Lipinski definition) is 1. The molecule has 3 aromatic carbocycles. The fraction of sp³-hybridized carbons (Fsp3) is 0.182. The van der Waals surface area contributed by atoms with Gasteiger partial charge in [0.05, 0.1) is 42.6 Å². The van der Waals surface area contributed by atoms with Crippen molar-refractivity contribution in [2.24, 2.45) is 5.10 Å². The zero-order valence-corrected chi connectivity index (χ0v) is 25.9. The summed E-state index contributed by atoms with van der Waals surface area (Å²) in [5.41, 5.74) is 3.15. The summed E-state index contributed by atoms with van der Waals surface area (Å²) in [6.07, 6.45) is 0.533. The zero-order chi connectivity index (χ0) is 31.2. The Hall–Kier alpha value is -4.81. The van der Waals surface area contributed by atoms with Crippen molar-refractivity contribution >= 4 is 40.6 Å². The van der Waals surface area contributed by atoms with Gasteiger partial charge in [-0.1, -0.05) is 60.3 Å². The number of amides is 2. The number of nitrogens with zero attached hydrogens (tertiary/aromatic N) is 5. The van der Waals surface area contributed by atoms with Gasteiger partial charge in [0, 0.05) is 12.0 Å². The molecule has 12 heteroatoms. The second-order valence-corrected chi connectivity index (χ2v) is 12.1. The molecular formula is C33H29FN6O3S2. The third kappa shape index (κ3) is 7.13. The topological polar surface area (TPSA) is 102 Å². The average molecular weight is 641 g/mol. The minimum atomic E-state index is -0.346. The quantitative estimate of drug-likeness (QED) is 0.180. The Balaban J connectivity index is 1.20. The summed E-state index contributed by atoms with van der Waals surface area (Å²) in [6.45, 7) is 0.604. The lowest BCUT2D eigenvalue weighted by molar-refractivity contribution is -0.130. The molecule has 5 aromatic rings. The number of ether oxygens (including phenoxy) is 1. The molecule has 1 aliphatic heterocycles. The van der Waals surface area contributed by atoms with Gasteiger partial charge >= 0.3 is 0 Å². The number of rotatable bonds is 11. The van der Waals surface area contributed by atoms with Crippen molar-refractivity contribution in [3.8, 4) is 5.75 Å². The van der Waals surface area contributed by atoms with Gasteiger partial charge in [-0.15, -0.1) is 21.5 Å². The number of benzene rings is 3. The lowest BCUT2D eigenvalue weighted by Crippen LogP contribution is -2.28. The highest BCUT2D eigenvalue weighted by atomic mass is 32.2. The van der Waals surface area contributed by atoms with E-state index in [0.29, 0.717) is 35.3 Å². The molecule has 0 bridgehead atoms. The van der Waals surface area contributed by atoms with Crippen molar-refractivity contribution in [3.63, 3.8) is 0 Å². The highest BCUT2D eigenvalue weighted by Gasteiger charge is 2.33. The summed E-state index contributed by atoms with van der Waals surface area (Å²) < 4.78 is 20.8. The zero-order valence-electron chi connectivity index (χ0n) is 24.3. The van der Waals surface area contributed by atoms with Gasteiger partial charge < -0.3 is 14.6 Å². The summed E-state index contributed by atoms with van der Waals surface area (Å²) in [4.78, 5) is 27.5. The Morgan fingerprint density at radius 1 is 1.00 bits per heavy atom. The minimum Gasteiger partial charge on any atom is -0.497 e. The maximum Gasteiger partial charge on any atom is 0.253 e. The highest BCUT2D eigenvalue weighted by molar-refractivity contribution is 7.99. The fourth-order valence-electron chi connectivity index (χ4n) is 4.95. The predicted octanol–water partition coefficient (Wildman–Crippen LogP) is 5.94. The van der Waals surface area contributed by atoms with E-state index in [0.717, 1.165) is 21.7 Å². The van der Waals surface area contributed by atoms with Crippen molar-refractivity contribution in [2.45, 2.75) is 30.7 Å². The Labute approximate surface area is 267 Å². The molecule has 6 rings (SSSR count). The number of halogens is 1. The fourth-order valence-corrected chi connectivity index (χ4v) is 6.48. The number of nitrogens with one attached hydrogen (secondary N) is 1. The minimum absolute atomic E-state index is 0.0596. The average Bonchev–Trinajstić information content (AvgIpc) is 3.84. The SMILES string of the molecule is COc1ccc(C(=O)NCc2nnc(SCC(=O)N3N=C(c4cccs4)C[C@H]3c3ccc(F)cc3)n2Cc2ccccc2)cc1. The van der Waals surface area contributed by atoms with E-state index in [2.05, 4.69) is 15.5 Å². The van der Waals surface area contributed by atoms with Crippen LogP contribution in [0.3, 0.4) is 0 Å². The third-order valence-corrected chi connectivity index (χ3v) is 9.16. The molecule has 0 saturated carbocycles. The number of carbonyl (C=O) groups is 2. The molecule has 0 spiro atoms. The summed E-state index contributed by atoms with van der Waals surface area (Å²) >= 11 is 2.83. The largest absolute Gasteiger partial charge is 0.497 e. The first kappa shape index (κ1) is 30.2. The van der Waals surface area contributed by atoms with Crippen molar-refractivity contribution in [3.05, 3.63) is 130 Å². The maximum atomic E-state index is 13.7. The lowest BCUT2D eigenvalue weighted by Gasteiger charge is -2.22. The first-order valence-corrected chi connectivity index (χ1v) is 16.0. The first-order chi connectivity index (χ1) is 22.0. The first-order valence-electron chi connectivity index (χ1n) is 14.2. The lowest BCUT2D eigenvalue weighted by atomic mass is 10.0. The van der Waals surface area contributed by atoms with Crippen LogP contribution >= 0.6 is 23.1 Å². The van der Waals surface area contributed by atoms with E-state index in [1.54, 1.807) is 54.8 Å². The monoisotopic (exact) mass is 640 g/mol. The molecule has 2 aromatic heterocycles. The van der Waals surface area contributed by atoms with Gasteiger partial charge in [0.25, 0.3) is 11.8 Å². The Bertz CT molecular complexity index is 1790.